The molecule has 0 amide bonds. The van der Waals surface area contributed by atoms with Crippen LogP contribution in [0.1, 0.15) is 0 Å². The van der Waals surface area contributed by atoms with Gasteiger partial charge in [0, 0.05) is 5.92 Å². The molecule has 3 saturated heterocycles. The van der Waals surface area contributed by atoms with Crippen LogP contribution < -0.4 is 0 Å². The molecule has 0 spiro atoms. The molecule has 4 heteroatoms. The Kier molecular flexibility index (Phi) is 1.04. The summed E-state index contributed by atoms with van der Waals surface area (Å²) in [6, 6.07) is 0. The zero-order chi connectivity index (χ0) is 6.32. The van der Waals surface area contributed by atoms with Gasteiger partial charge in [-0.25, -0.2) is 0 Å². The third-order valence-corrected chi connectivity index (χ3v) is 1.50. The van der Waals surface area contributed by atoms with Crippen molar-refractivity contribution in [3.05, 3.63) is 0 Å². The molecule has 3 aliphatic rings. The summed E-state index contributed by atoms with van der Waals surface area (Å²) >= 11 is 0. The molecule has 0 aliphatic carbocycles. The van der Waals surface area contributed by atoms with Crippen molar-refractivity contribution in [3.8, 4) is 0 Å². The molecule has 3 fully saturated rings. The summed E-state index contributed by atoms with van der Waals surface area (Å²) in [5, 5.41) is 9.05. The van der Waals surface area contributed by atoms with Crippen molar-refractivity contribution in [2.75, 3.05) is 19.8 Å². The topological polar surface area (TPSA) is 47.9 Å². The molecule has 0 radical (unpaired) electrons. The number of rotatable bonds is 0. The minimum atomic E-state index is -1.71. The standard InChI is InChI=1S/C5H8O4/c6-5-7-1-4(2-8-5)3-9-5/h4,6H,1-3H2. The van der Waals surface area contributed by atoms with Gasteiger partial charge in [-0.15, -0.1) is 0 Å². The fourth-order valence-corrected chi connectivity index (χ4v) is 0.939. The molecule has 0 aromatic heterocycles. The minimum absolute atomic E-state index is 0.305. The molecule has 9 heavy (non-hydrogen) atoms. The van der Waals surface area contributed by atoms with Crippen molar-refractivity contribution in [1.82, 2.24) is 0 Å². The first-order valence-corrected chi connectivity index (χ1v) is 2.93. The highest BCUT2D eigenvalue weighted by atomic mass is 17.0. The summed E-state index contributed by atoms with van der Waals surface area (Å²) < 4.78 is 14.3. The first-order valence-electron chi connectivity index (χ1n) is 2.93. The average Bonchev–Trinajstić information content (AvgIpc) is 1.90. The Labute approximate surface area is 52.3 Å². The first kappa shape index (κ1) is 5.61. The summed E-state index contributed by atoms with van der Waals surface area (Å²) in [6.07, 6.45) is -1.71. The summed E-state index contributed by atoms with van der Waals surface area (Å²) in [6.45, 7) is 1.61. The van der Waals surface area contributed by atoms with E-state index in [2.05, 4.69) is 0 Å². The van der Waals surface area contributed by atoms with E-state index in [-0.39, 0.29) is 0 Å². The van der Waals surface area contributed by atoms with Gasteiger partial charge in [-0.3, -0.25) is 0 Å². The second kappa shape index (κ2) is 1.67. The van der Waals surface area contributed by atoms with Gasteiger partial charge in [0.25, 0.3) is 0 Å². The lowest BCUT2D eigenvalue weighted by Gasteiger charge is -2.40. The maximum atomic E-state index is 9.05. The number of hydrogen-bond acceptors (Lipinski definition) is 4. The van der Waals surface area contributed by atoms with Gasteiger partial charge >= 0.3 is 6.16 Å². The molecule has 3 aliphatic heterocycles. The summed E-state index contributed by atoms with van der Waals surface area (Å²) in [5.74, 6) is 0.305. The molecule has 0 unspecified atom stereocenters. The van der Waals surface area contributed by atoms with Crippen molar-refractivity contribution in [2.45, 2.75) is 6.16 Å². The van der Waals surface area contributed by atoms with Crippen molar-refractivity contribution >= 4 is 0 Å². The Balaban J connectivity index is 2.11. The smallest absolute Gasteiger partial charge is 0.319 e. The maximum absolute atomic E-state index is 9.05. The molecule has 0 aromatic rings. The Bertz CT molecular complexity index is 102. The second-order valence-electron chi connectivity index (χ2n) is 2.32. The first-order chi connectivity index (χ1) is 4.29. The summed E-state index contributed by atoms with van der Waals surface area (Å²) in [5.41, 5.74) is 0. The van der Waals surface area contributed by atoms with Crippen molar-refractivity contribution < 1.29 is 19.3 Å². The number of fused-ring (bicyclic) bond motifs is 3. The van der Waals surface area contributed by atoms with E-state index in [1.54, 1.807) is 0 Å². The third-order valence-electron chi connectivity index (χ3n) is 1.50. The summed E-state index contributed by atoms with van der Waals surface area (Å²) in [7, 11) is 0. The average molecular weight is 132 g/mol. The van der Waals surface area contributed by atoms with E-state index in [9.17, 15) is 0 Å². The van der Waals surface area contributed by atoms with Crippen LogP contribution in [0.15, 0.2) is 0 Å². The summed E-state index contributed by atoms with van der Waals surface area (Å²) in [4.78, 5) is 0. The lowest BCUT2D eigenvalue weighted by Crippen LogP contribution is -2.53. The highest BCUT2D eigenvalue weighted by Gasteiger charge is 2.43. The molecule has 4 nitrogen and oxygen atoms in total. The fraction of sp³-hybridized carbons (Fsp3) is 1.00. The fourth-order valence-electron chi connectivity index (χ4n) is 0.939. The zero-order valence-electron chi connectivity index (χ0n) is 4.87. The van der Waals surface area contributed by atoms with Gasteiger partial charge in [0.2, 0.25) is 0 Å². The van der Waals surface area contributed by atoms with Gasteiger partial charge in [0.15, 0.2) is 0 Å². The Morgan fingerprint density at radius 3 is 1.78 bits per heavy atom. The highest BCUT2D eigenvalue weighted by Crippen LogP contribution is 2.26. The van der Waals surface area contributed by atoms with Crippen LogP contribution in [0.5, 0.6) is 0 Å². The van der Waals surface area contributed by atoms with Gasteiger partial charge in [-0.2, -0.15) is 0 Å². The predicted octanol–water partition coefficient (Wildman–Crippen LogP) is -0.717. The Hall–Kier alpha value is -0.160. The van der Waals surface area contributed by atoms with E-state index in [0.29, 0.717) is 25.7 Å². The van der Waals surface area contributed by atoms with Crippen LogP contribution in [0.3, 0.4) is 0 Å². The van der Waals surface area contributed by atoms with Crippen LogP contribution in [0, 0.1) is 5.92 Å². The number of aliphatic hydroxyl groups is 1. The molecule has 1 N–H and O–H groups in total. The van der Waals surface area contributed by atoms with Crippen molar-refractivity contribution in [1.29, 1.82) is 0 Å². The van der Waals surface area contributed by atoms with E-state index in [1.165, 1.54) is 0 Å². The van der Waals surface area contributed by atoms with E-state index in [0.717, 1.165) is 0 Å². The molecule has 0 aromatic carbocycles. The largest absolute Gasteiger partial charge is 0.410 e. The van der Waals surface area contributed by atoms with Crippen LogP contribution in [0.4, 0.5) is 0 Å². The SMILES string of the molecule is OC12OCC(CO1)CO2. The third kappa shape index (κ3) is 0.840. The minimum Gasteiger partial charge on any atom is -0.319 e. The highest BCUT2D eigenvalue weighted by molar-refractivity contribution is 4.67. The van der Waals surface area contributed by atoms with Gasteiger partial charge in [-0.1, -0.05) is 0 Å². The number of ether oxygens (including phenoxy) is 3. The van der Waals surface area contributed by atoms with E-state index >= 15 is 0 Å². The lowest BCUT2D eigenvalue weighted by molar-refractivity contribution is -0.536. The predicted molar refractivity (Wildman–Crippen MR) is 26.3 cm³/mol. The maximum Gasteiger partial charge on any atom is 0.410 e. The van der Waals surface area contributed by atoms with Gasteiger partial charge in [0.05, 0.1) is 19.8 Å². The van der Waals surface area contributed by atoms with Crippen molar-refractivity contribution in [2.24, 2.45) is 5.92 Å². The molecule has 0 atom stereocenters. The van der Waals surface area contributed by atoms with Gasteiger partial charge in [-0.05, 0) is 0 Å². The van der Waals surface area contributed by atoms with Crippen LogP contribution >= 0.6 is 0 Å². The Morgan fingerprint density at radius 2 is 1.56 bits per heavy atom. The normalized spacial score (nSPS) is 49.7. The second-order valence-corrected chi connectivity index (χ2v) is 2.32. The van der Waals surface area contributed by atoms with Crippen LogP contribution in [-0.2, 0) is 14.2 Å². The molecular weight excluding hydrogens is 124 g/mol. The number of hydrogen-bond donors (Lipinski definition) is 1. The van der Waals surface area contributed by atoms with E-state index in [1.807, 2.05) is 0 Å². The molecule has 0 saturated carbocycles. The Morgan fingerprint density at radius 1 is 1.11 bits per heavy atom. The quantitative estimate of drug-likeness (QED) is 0.472. The molecule has 2 bridgehead atoms. The van der Waals surface area contributed by atoms with Crippen molar-refractivity contribution in [3.63, 3.8) is 0 Å². The van der Waals surface area contributed by atoms with Crippen LogP contribution in [0.25, 0.3) is 0 Å². The lowest BCUT2D eigenvalue weighted by atomic mass is 10.2. The zero-order valence-corrected chi connectivity index (χ0v) is 4.87. The molecule has 3 heterocycles. The van der Waals surface area contributed by atoms with Crippen LogP contribution in [0.2, 0.25) is 0 Å². The van der Waals surface area contributed by atoms with E-state index in [4.69, 9.17) is 19.3 Å². The van der Waals surface area contributed by atoms with Gasteiger partial charge in [0.1, 0.15) is 0 Å². The molecule has 3 rings (SSSR count). The van der Waals surface area contributed by atoms with E-state index < -0.39 is 6.16 Å². The van der Waals surface area contributed by atoms with Gasteiger partial charge < -0.3 is 19.3 Å². The monoisotopic (exact) mass is 132 g/mol. The molecule has 52 valence electrons. The molecular formula is C5H8O4. The van der Waals surface area contributed by atoms with Crippen LogP contribution in [-0.4, -0.2) is 31.1 Å².